The molecule has 0 aliphatic rings. The molecule has 0 aliphatic carbocycles. The summed E-state index contributed by atoms with van der Waals surface area (Å²) in [7, 11) is -1.87. The van der Waals surface area contributed by atoms with Gasteiger partial charge >= 0.3 is 0 Å². The Balaban J connectivity index is 3.26. The summed E-state index contributed by atoms with van der Waals surface area (Å²) < 4.78 is 29.0. The van der Waals surface area contributed by atoms with Crippen LogP contribution < -0.4 is 5.73 Å². The summed E-state index contributed by atoms with van der Waals surface area (Å²) in [5, 5.41) is 0. The van der Waals surface area contributed by atoms with Crippen LogP contribution in [0.1, 0.15) is 53.3 Å². The highest BCUT2D eigenvalue weighted by Crippen LogP contribution is 2.29. The molecule has 21 heavy (non-hydrogen) atoms. The standard InChI is InChI=1S/C15H29N3O2S/c1-11(2)18-10-14(8-13(18)9-16)21(19,20)17(7)12(3)15(4,5)6/h8,10-12H,9,16H2,1-7H3. The smallest absolute Gasteiger partial charge is 0.244 e. The van der Waals surface area contributed by atoms with Crippen molar-refractivity contribution >= 4 is 10.0 Å². The van der Waals surface area contributed by atoms with E-state index in [-0.39, 0.29) is 17.5 Å². The van der Waals surface area contributed by atoms with Gasteiger partial charge in [-0.1, -0.05) is 20.8 Å². The van der Waals surface area contributed by atoms with Gasteiger partial charge < -0.3 is 10.3 Å². The van der Waals surface area contributed by atoms with Crippen LogP contribution in [0.5, 0.6) is 0 Å². The maximum atomic E-state index is 12.8. The van der Waals surface area contributed by atoms with E-state index in [0.717, 1.165) is 5.69 Å². The molecule has 2 N–H and O–H groups in total. The zero-order valence-electron chi connectivity index (χ0n) is 14.2. The lowest BCUT2D eigenvalue weighted by atomic mass is 9.88. The fraction of sp³-hybridized carbons (Fsp3) is 0.733. The number of aromatic nitrogens is 1. The first kappa shape index (κ1) is 18.2. The lowest BCUT2D eigenvalue weighted by Gasteiger charge is -2.34. The third kappa shape index (κ3) is 3.67. The largest absolute Gasteiger partial charge is 0.346 e. The van der Waals surface area contributed by atoms with E-state index < -0.39 is 10.0 Å². The minimum absolute atomic E-state index is 0.105. The van der Waals surface area contributed by atoms with Crippen LogP contribution in [-0.2, 0) is 16.6 Å². The average Bonchev–Trinajstić information content (AvgIpc) is 2.80. The van der Waals surface area contributed by atoms with Gasteiger partial charge in [0.05, 0.1) is 0 Å². The van der Waals surface area contributed by atoms with Crippen LogP contribution in [0.3, 0.4) is 0 Å². The van der Waals surface area contributed by atoms with E-state index in [4.69, 9.17) is 5.73 Å². The molecule has 0 fully saturated rings. The van der Waals surface area contributed by atoms with Gasteiger partial charge in [0.1, 0.15) is 4.90 Å². The average molecular weight is 315 g/mol. The SMILES string of the molecule is CC(C)n1cc(S(=O)(=O)N(C)C(C)C(C)(C)C)cc1CN. The highest BCUT2D eigenvalue weighted by molar-refractivity contribution is 7.89. The third-order valence-corrected chi connectivity index (χ3v) is 6.04. The Labute approximate surface area is 129 Å². The molecule has 1 unspecified atom stereocenters. The Bertz CT molecular complexity index is 583. The van der Waals surface area contributed by atoms with Crippen LogP contribution in [0.4, 0.5) is 0 Å². The lowest BCUT2D eigenvalue weighted by Crippen LogP contribution is -2.42. The van der Waals surface area contributed by atoms with Gasteiger partial charge in [0, 0.05) is 37.6 Å². The van der Waals surface area contributed by atoms with Gasteiger partial charge in [-0.15, -0.1) is 0 Å². The number of hydrogen-bond donors (Lipinski definition) is 1. The lowest BCUT2D eigenvalue weighted by molar-refractivity contribution is 0.216. The van der Waals surface area contributed by atoms with E-state index >= 15 is 0 Å². The number of nitrogens with zero attached hydrogens (tertiary/aromatic N) is 2. The molecule has 1 atom stereocenters. The van der Waals surface area contributed by atoms with E-state index in [1.807, 2.05) is 46.1 Å². The van der Waals surface area contributed by atoms with Crippen molar-refractivity contribution in [3.8, 4) is 0 Å². The predicted octanol–water partition coefficient (Wildman–Crippen LogP) is 2.58. The maximum Gasteiger partial charge on any atom is 0.244 e. The quantitative estimate of drug-likeness (QED) is 0.908. The van der Waals surface area contributed by atoms with Crippen molar-refractivity contribution in [2.75, 3.05) is 7.05 Å². The van der Waals surface area contributed by atoms with Crippen molar-refractivity contribution in [1.82, 2.24) is 8.87 Å². The van der Waals surface area contributed by atoms with Gasteiger partial charge in [-0.25, -0.2) is 8.42 Å². The number of sulfonamides is 1. The Kier molecular flexibility index (Phi) is 5.29. The van der Waals surface area contributed by atoms with Crippen molar-refractivity contribution in [1.29, 1.82) is 0 Å². The molecule has 0 bridgehead atoms. The Morgan fingerprint density at radius 1 is 1.29 bits per heavy atom. The Hall–Kier alpha value is -0.850. The van der Waals surface area contributed by atoms with Crippen LogP contribution in [0.25, 0.3) is 0 Å². The van der Waals surface area contributed by atoms with Crippen molar-refractivity contribution in [2.45, 2.75) is 65.1 Å². The van der Waals surface area contributed by atoms with Gasteiger partial charge in [-0.05, 0) is 32.3 Å². The van der Waals surface area contributed by atoms with Crippen molar-refractivity contribution in [2.24, 2.45) is 11.1 Å². The van der Waals surface area contributed by atoms with Crippen LogP contribution in [0.15, 0.2) is 17.2 Å². The molecule has 1 aromatic heterocycles. The maximum absolute atomic E-state index is 12.8. The number of nitrogens with two attached hydrogens (primary N) is 1. The second kappa shape index (κ2) is 6.10. The summed E-state index contributed by atoms with van der Waals surface area (Å²) in [4.78, 5) is 0.315. The van der Waals surface area contributed by atoms with Crippen LogP contribution in [0, 0.1) is 5.41 Å². The molecule has 0 spiro atoms. The van der Waals surface area contributed by atoms with Crippen LogP contribution in [-0.4, -0.2) is 30.4 Å². The topological polar surface area (TPSA) is 68.3 Å². The summed E-state index contributed by atoms with van der Waals surface area (Å²) in [6.45, 7) is 12.4. The zero-order valence-corrected chi connectivity index (χ0v) is 15.0. The van der Waals surface area contributed by atoms with Crippen molar-refractivity contribution < 1.29 is 8.42 Å². The molecule has 5 nitrogen and oxygen atoms in total. The number of hydrogen-bond acceptors (Lipinski definition) is 3. The van der Waals surface area contributed by atoms with Crippen LogP contribution in [0.2, 0.25) is 0 Å². The van der Waals surface area contributed by atoms with Gasteiger partial charge in [0.15, 0.2) is 0 Å². The summed E-state index contributed by atoms with van der Waals surface area (Å²) in [5.41, 5.74) is 6.43. The molecular weight excluding hydrogens is 286 g/mol. The van der Waals surface area contributed by atoms with Crippen LogP contribution >= 0.6 is 0 Å². The molecule has 0 aromatic carbocycles. The molecule has 6 heteroatoms. The highest BCUT2D eigenvalue weighted by Gasteiger charge is 2.33. The third-order valence-electron chi connectivity index (χ3n) is 4.15. The van der Waals surface area contributed by atoms with Gasteiger partial charge in [0.25, 0.3) is 0 Å². The molecule has 1 rings (SSSR count). The fourth-order valence-electron chi connectivity index (χ4n) is 2.20. The molecule has 0 saturated carbocycles. The van der Waals surface area contributed by atoms with Crippen molar-refractivity contribution in [3.05, 3.63) is 18.0 Å². The predicted molar refractivity (Wildman–Crippen MR) is 86.6 cm³/mol. The Morgan fingerprint density at radius 2 is 1.81 bits per heavy atom. The number of rotatable bonds is 5. The fourth-order valence-corrected chi connectivity index (χ4v) is 3.80. The normalized spacial score (nSPS) is 15.0. The van der Waals surface area contributed by atoms with E-state index in [9.17, 15) is 8.42 Å². The molecule has 1 heterocycles. The second-order valence-corrected chi connectivity index (χ2v) is 8.93. The molecular formula is C15H29N3O2S. The summed E-state index contributed by atoms with van der Waals surface area (Å²) >= 11 is 0. The molecule has 1 aromatic rings. The van der Waals surface area contributed by atoms with Gasteiger partial charge in [-0.3, -0.25) is 0 Å². The summed E-state index contributed by atoms with van der Waals surface area (Å²) in [6.07, 6.45) is 1.69. The summed E-state index contributed by atoms with van der Waals surface area (Å²) in [6, 6.07) is 1.75. The zero-order chi connectivity index (χ0) is 16.6. The monoisotopic (exact) mass is 315 g/mol. The first-order chi connectivity index (χ1) is 9.42. The van der Waals surface area contributed by atoms with Crippen molar-refractivity contribution in [3.63, 3.8) is 0 Å². The molecule has 0 aliphatic heterocycles. The molecule has 122 valence electrons. The van der Waals surface area contributed by atoms with E-state index in [2.05, 4.69) is 0 Å². The second-order valence-electron chi connectivity index (χ2n) is 6.94. The Morgan fingerprint density at radius 3 is 2.14 bits per heavy atom. The van der Waals surface area contributed by atoms with E-state index in [1.54, 1.807) is 19.3 Å². The minimum atomic E-state index is -3.51. The summed E-state index contributed by atoms with van der Waals surface area (Å²) in [5.74, 6) is 0. The first-order valence-corrected chi connectivity index (χ1v) is 8.75. The van der Waals surface area contributed by atoms with Gasteiger partial charge in [-0.2, -0.15) is 4.31 Å². The van der Waals surface area contributed by atoms with E-state index in [0.29, 0.717) is 11.4 Å². The molecule has 0 radical (unpaired) electrons. The van der Waals surface area contributed by atoms with E-state index in [1.165, 1.54) is 4.31 Å². The molecule has 0 saturated heterocycles. The highest BCUT2D eigenvalue weighted by atomic mass is 32.2. The minimum Gasteiger partial charge on any atom is -0.346 e. The molecule has 0 amide bonds. The van der Waals surface area contributed by atoms with Gasteiger partial charge in [0.2, 0.25) is 10.0 Å². The first-order valence-electron chi connectivity index (χ1n) is 7.31.